The maximum atomic E-state index is 12.3. The number of methoxy groups -OCH3 is 1. The van der Waals surface area contributed by atoms with E-state index in [0.29, 0.717) is 18.7 Å². The fraction of sp³-hybridized carbons (Fsp3) is 0.286. The molecule has 1 saturated heterocycles. The van der Waals surface area contributed by atoms with Gasteiger partial charge >= 0.3 is 5.97 Å². The molecule has 0 saturated carbocycles. The van der Waals surface area contributed by atoms with Gasteiger partial charge in [0.05, 0.1) is 19.5 Å². The molecule has 0 bridgehead atoms. The van der Waals surface area contributed by atoms with Gasteiger partial charge in [0.2, 0.25) is 5.76 Å². The number of rotatable bonds is 7. The lowest BCUT2D eigenvalue weighted by Crippen LogP contribution is -2.32. The summed E-state index contributed by atoms with van der Waals surface area (Å²) in [6, 6.07) is 9.66. The van der Waals surface area contributed by atoms with Crippen molar-refractivity contribution in [2.75, 3.05) is 20.3 Å². The Bertz CT molecular complexity index is 937. The molecule has 1 amide bonds. The maximum Gasteiger partial charge on any atom is 0.379 e. The minimum Gasteiger partial charge on any atom is -0.493 e. The predicted octanol–water partition coefficient (Wildman–Crippen LogP) is 2.71. The van der Waals surface area contributed by atoms with Gasteiger partial charge in [-0.3, -0.25) is 4.79 Å². The van der Waals surface area contributed by atoms with E-state index in [1.807, 2.05) is 6.07 Å². The number of hydrogen-bond donors (Lipinski definition) is 1. The second-order valence-corrected chi connectivity index (χ2v) is 6.29. The Labute approximate surface area is 167 Å². The van der Waals surface area contributed by atoms with Crippen molar-refractivity contribution in [2.24, 2.45) is 0 Å². The number of benzene rings is 1. The Hall–Kier alpha value is -3.57. The van der Waals surface area contributed by atoms with E-state index in [1.165, 1.54) is 31.6 Å². The molecule has 0 aliphatic carbocycles. The van der Waals surface area contributed by atoms with Crippen molar-refractivity contribution in [3.8, 4) is 17.6 Å². The molecular formula is C21H20N2O6. The third-order valence-electron chi connectivity index (χ3n) is 4.30. The summed E-state index contributed by atoms with van der Waals surface area (Å²) in [5.74, 6) is -0.619. The zero-order chi connectivity index (χ0) is 20.6. The molecule has 0 radical (unpaired) electrons. The number of carbonyl (C=O) groups excluding carboxylic acids is 2. The molecule has 1 atom stereocenters. The van der Waals surface area contributed by atoms with E-state index in [9.17, 15) is 14.9 Å². The van der Waals surface area contributed by atoms with Gasteiger partial charge in [0.25, 0.3) is 5.91 Å². The summed E-state index contributed by atoms with van der Waals surface area (Å²) in [5, 5.41) is 12.0. The molecule has 1 fully saturated rings. The maximum absolute atomic E-state index is 12.3. The first-order valence-electron chi connectivity index (χ1n) is 9.06. The van der Waals surface area contributed by atoms with E-state index in [0.717, 1.165) is 12.8 Å². The molecule has 8 nitrogen and oxygen atoms in total. The zero-order valence-electron chi connectivity index (χ0n) is 15.8. The van der Waals surface area contributed by atoms with E-state index in [4.69, 9.17) is 18.6 Å². The van der Waals surface area contributed by atoms with E-state index in [-0.39, 0.29) is 28.9 Å². The van der Waals surface area contributed by atoms with Crippen LogP contribution in [0.2, 0.25) is 0 Å². The molecule has 150 valence electrons. The minimum absolute atomic E-state index is 0.0119. The number of carbonyl (C=O) groups is 2. The van der Waals surface area contributed by atoms with Crippen LogP contribution in [-0.2, 0) is 9.53 Å². The number of nitrogens with zero attached hydrogens (tertiary/aromatic N) is 1. The van der Waals surface area contributed by atoms with Crippen molar-refractivity contribution in [1.29, 1.82) is 5.26 Å². The number of furan rings is 1. The van der Waals surface area contributed by atoms with Crippen molar-refractivity contribution in [1.82, 2.24) is 5.32 Å². The van der Waals surface area contributed by atoms with E-state index in [2.05, 4.69) is 5.32 Å². The molecule has 1 aliphatic rings. The lowest BCUT2D eigenvalue weighted by atomic mass is 10.1. The van der Waals surface area contributed by atoms with E-state index >= 15 is 0 Å². The van der Waals surface area contributed by atoms with Crippen LogP contribution in [0.4, 0.5) is 0 Å². The van der Waals surface area contributed by atoms with Crippen molar-refractivity contribution < 1.29 is 28.2 Å². The van der Waals surface area contributed by atoms with Crippen LogP contribution in [-0.4, -0.2) is 38.2 Å². The highest BCUT2D eigenvalue weighted by atomic mass is 16.6. The molecule has 2 aromatic rings. The fourth-order valence-corrected chi connectivity index (χ4v) is 2.83. The Kier molecular flexibility index (Phi) is 6.66. The summed E-state index contributed by atoms with van der Waals surface area (Å²) in [6.45, 7) is 1.06. The molecule has 1 aromatic heterocycles. The SMILES string of the molecule is COc1cc(/C=C(\C#N)C(=O)NC[C@@H]2CCCO2)ccc1OC(=O)c1ccco1. The monoisotopic (exact) mass is 396 g/mol. The normalized spacial score (nSPS) is 16.1. The summed E-state index contributed by atoms with van der Waals surface area (Å²) in [5.41, 5.74) is 0.494. The Balaban J connectivity index is 1.70. The minimum atomic E-state index is -0.664. The third kappa shape index (κ3) is 5.24. The molecule has 0 spiro atoms. The second kappa shape index (κ2) is 9.57. The van der Waals surface area contributed by atoms with Crippen LogP contribution in [0.15, 0.2) is 46.6 Å². The largest absolute Gasteiger partial charge is 0.493 e. The second-order valence-electron chi connectivity index (χ2n) is 6.29. The number of nitriles is 1. The summed E-state index contributed by atoms with van der Waals surface area (Å²) < 4.78 is 21.0. The highest BCUT2D eigenvalue weighted by Crippen LogP contribution is 2.29. The van der Waals surface area contributed by atoms with Crippen molar-refractivity contribution in [3.05, 3.63) is 53.5 Å². The third-order valence-corrected chi connectivity index (χ3v) is 4.30. The molecule has 3 rings (SSSR count). The highest BCUT2D eigenvalue weighted by molar-refractivity contribution is 6.01. The van der Waals surface area contributed by atoms with Crippen molar-refractivity contribution in [2.45, 2.75) is 18.9 Å². The van der Waals surface area contributed by atoms with E-state index in [1.54, 1.807) is 18.2 Å². The molecule has 1 aromatic carbocycles. The van der Waals surface area contributed by atoms with Gasteiger partial charge in [-0.15, -0.1) is 0 Å². The van der Waals surface area contributed by atoms with Gasteiger partial charge in [-0.1, -0.05) is 6.07 Å². The smallest absolute Gasteiger partial charge is 0.379 e. The van der Waals surface area contributed by atoms with Crippen LogP contribution in [0.25, 0.3) is 6.08 Å². The summed E-state index contributed by atoms with van der Waals surface area (Å²) in [6.07, 6.45) is 4.65. The average Bonchev–Trinajstić information content (AvgIpc) is 3.45. The van der Waals surface area contributed by atoms with Gasteiger partial charge in [0, 0.05) is 13.2 Å². The van der Waals surface area contributed by atoms with Crippen LogP contribution >= 0.6 is 0 Å². The summed E-state index contributed by atoms with van der Waals surface area (Å²) in [7, 11) is 1.42. The standard InChI is InChI=1S/C21H20N2O6/c1-26-19-11-14(6-7-17(19)29-21(25)18-5-3-9-28-18)10-15(12-22)20(24)23-13-16-4-2-8-27-16/h3,5-7,9-11,16H,2,4,8,13H2,1H3,(H,23,24)/b15-10+/t16-/m0/s1. The Morgan fingerprint density at radius 2 is 2.21 bits per heavy atom. The molecule has 1 N–H and O–H groups in total. The Morgan fingerprint density at radius 3 is 2.86 bits per heavy atom. The first-order chi connectivity index (χ1) is 14.1. The van der Waals surface area contributed by atoms with Gasteiger partial charge in [-0.2, -0.15) is 5.26 Å². The topological polar surface area (TPSA) is 111 Å². The summed E-state index contributed by atoms with van der Waals surface area (Å²) in [4.78, 5) is 24.3. The average molecular weight is 396 g/mol. The molecule has 1 aliphatic heterocycles. The quantitative estimate of drug-likeness (QED) is 0.331. The molecular weight excluding hydrogens is 376 g/mol. The number of amides is 1. The predicted molar refractivity (Wildman–Crippen MR) is 102 cm³/mol. The molecule has 0 unspecified atom stereocenters. The highest BCUT2D eigenvalue weighted by Gasteiger charge is 2.18. The number of esters is 1. The Morgan fingerprint density at radius 1 is 1.34 bits per heavy atom. The van der Waals surface area contributed by atoms with Gasteiger partial charge < -0.3 is 23.9 Å². The van der Waals surface area contributed by atoms with Crippen LogP contribution in [0.1, 0.15) is 29.0 Å². The van der Waals surface area contributed by atoms with Gasteiger partial charge in [0.15, 0.2) is 11.5 Å². The van der Waals surface area contributed by atoms with Gasteiger partial charge in [-0.05, 0) is 48.7 Å². The van der Waals surface area contributed by atoms with Crippen LogP contribution in [0.3, 0.4) is 0 Å². The van der Waals surface area contributed by atoms with E-state index < -0.39 is 11.9 Å². The first kappa shape index (κ1) is 20.2. The number of ether oxygens (including phenoxy) is 3. The lowest BCUT2D eigenvalue weighted by Gasteiger charge is -2.11. The molecule has 2 heterocycles. The van der Waals surface area contributed by atoms with Crippen molar-refractivity contribution in [3.63, 3.8) is 0 Å². The lowest BCUT2D eigenvalue weighted by molar-refractivity contribution is -0.117. The fourth-order valence-electron chi connectivity index (χ4n) is 2.83. The van der Waals surface area contributed by atoms with Crippen molar-refractivity contribution >= 4 is 18.0 Å². The number of hydrogen-bond acceptors (Lipinski definition) is 7. The molecule has 29 heavy (non-hydrogen) atoms. The van der Waals surface area contributed by atoms with Crippen LogP contribution in [0, 0.1) is 11.3 Å². The number of nitrogens with one attached hydrogen (secondary N) is 1. The molecule has 8 heteroatoms. The van der Waals surface area contributed by atoms with Gasteiger partial charge in [0.1, 0.15) is 11.6 Å². The summed E-state index contributed by atoms with van der Waals surface area (Å²) >= 11 is 0. The zero-order valence-corrected chi connectivity index (χ0v) is 15.8. The first-order valence-corrected chi connectivity index (χ1v) is 9.06. The van der Waals surface area contributed by atoms with Crippen LogP contribution < -0.4 is 14.8 Å². The van der Waals surface area contributed by atoms with Gasteiger partial charge in [-0.25, -0.2) is 4.79 Å². The van der Waals surface area contributed by atoms with Crippen LogP contribution in [0.5, 0.6) is 11.5 Å².